The maximum Gasteiger partial charge on any atom is 0.419 e. The molecule has 1 aliphatic carbocycles. The van der Waals surface area contributed by atoms with E-state index in [0.29, 0.717) is 31.7 Å². The summed E-state index contributed by atoms with van der Waals surface area (Å²) in [7, 11) is 1.50. The zero-order valence-electron chi connectivity index (χ0n) is 18.3. The molecule has 178 valence electrons. The molecular weight excluding hydrogens is 467 g/mol. The number of nitrogens with two attached hydrogens (primary N) is 1. The van der Waals surface area contributed by atoms with Gasteiger partial charge in [0.15, 0.2) is 10.8 Å². The van der Waals surface area contributed by atoms with Gasteiger partial charge in [-0.1, -0.05) is 12.1 Å². The summed E-state index contributed by atoms with van der Waals surface area (Å²) >= 11 is 5.69. The van der Waals surface area contributed by atoms with Crippen LogP contribution in [0.3, 0.4) is 0 Å². The molecule has 0 amide bonds. The first-order valence-electron chi connectivity index (χ1n) is 10.5. The molecule has 1 saturated carbocycles. The molecule has 0 bridgehead atoms. The number of ether oxygens (including phenoxy) is 1. The first kappa shape index (κ1) is 24.1. The number of carbonyl (C=O) groups is 1. The zero-order chi connectivity index (χ0) is 24.7. The van der Waals surface area contributed by atoms with Crippen molar-refractivity contribution in [3.63, 3.8) is 0 Å². The number of nitriles is 1. The van der Waals surface area contributed by atoms with E-state index in [4.69, 9.17) is 28.0 Å². The summed E-state index contributed by atoms with van der Waals surface area (Å²) in [5.41, 5.74) is 4.51. The van der Waals surface area contributed by atoms with E-state index in [1.165, 1.54) is 18.0 Å². The van der Waals surface area contributed by atoms with Crippen molar-refractivity contribution in [1.82, 2.24) is 4.98 Å². The van der Waals surface area contributed by atoms with Crippen molar-refractivity contribution in [2.24, 2.45) is 5.73 Å². The summed E-state index contributed by atoms with van der Waals surface area (Å²) in [5, 5.41) is 9.15. The number of aldehydes is 1. The fraction of sp³-hybridized carbons (Fsp3) is 0.391. The third-order valence-electron chi connectivity index (χ3n) is 6.45. The van der Waals surface area contributed by atoms with Gasteiger partial charge in [-0.3, -0.25) is 0 Å². The fourth-order valence-corrected chi connectivity index (χ4v) is 4.52. The van der Waals surface area contributed by atoms with Crippen molar-refractivity contribution in [3.8, 4) is 6.07 Å². The van der Waals surface area contributed by atoms with E-state index in [9.17, 15) is 18.0 Å². The Bertz CT molecular complexity index is 1150. The maximum atomic E-state index is 13.5. The SMILES string of the molecule is CN(C(=S)N(c1ccc(C2(N)COC2)cc1)C1(C=O)CCC1)c1cnc(C#N)c(C(F)(F)F)c1. The number of alkyl halides is 3. The van der Waals surface area contributed by atoms with E-state index in [1.807, 2.05) is 12.1 Å². The molecule has 0 spiro atoms. The summed E-state index contributed by atoms with van der Waals surface area (Å²) in [6.45, 7) is 0.811. The minimum atomic E-state index is -4.76. The lowest BCUT2D eigenvalue weighted by atomic mass is 9.76. The van der Waals surface area contributed by atoms with Crippen molar-refractivity contribution >= 4 is 35.0 Å². The van der Waals surface area contributed by atoms with Gasteiger partial charge in [-0.25, -0.2) is 4.98 Å². The van der Waals surface area contributed by atoms with E-state index >= 15 is 0 Å². The number of rotatable bonds is 5. The average Bonchev–Trinajstić information content (AvgIpc) is 2.78. The van der Waals surface area contributed by atoms with Crippen molar-refractivity contribution in [2.75, 3.05) is 30.1 Å². The number of carbonyl (C=O) groups excluding carboxylic acids is 1. The summed E-state index contributed by atoms with van der Waals surface area (Å²) in [5.74, 6) is 0. The molecule has 11 heteroatoms. The molecule has 4 rings (SSSR count). The molecule has 2 heterocycles. The lowest BCUT2D eigenvalue weighted by molar-refractivity contribution is -0.138. The third kappa shape index (κ3) is 4.02. The van der Waals surface area contributed by atoms with Crippen LogP contribution in [0.4, 0.5) is 24.5 Å². The summed E-state index contributed by atoms with van der Waals surface area (Å²) in [6, 6.07) is 9.58. The van der Waals surface area contributed by atoms with Crippen molar-refractivity contribution in [3.05, 3.63) is 53.3 Å². The second kappa shape index (κ2) is 8.61. The van der Waals surface area contributed by atoms with Gasteiger partial charge in [0.1, 0.15) is 17.9 Å². The molecule has 2 aromatic rings. The van der Waals surface area contributed by atoms with Gasteiger partial charge in [0, 0.05) is 12.7 Å². The molecular formula is C23H22F3N5O2S. The van der Waals surface area contributed by atoms with Crippen LogP contribution in [0.15, 0.2) is 36.5 Å². The number of nitrogens with zero attached hydrogens (tertiary/aromatic N) is 4. The van der Waals surface area contributed by atoms with Gasteiger partial charge in [-0.2, -0.15) is 18.4 Å². The highest BCUT2D eigenvalue weighted by Gasteiger charge is 2.46. The highest BCUT2D eigenvalue weighted by Crippen LogP contribution is 2.41. The van der Waals surface area contributed by atoms with Crippen molar-refractivity contribution in [1.29, 1.82) is 5.26 Å². The fourth-order valence-electron chi connectivity index (χ4n) is 4.13. The van der Waals surface area contributed by atoms with Gasteiger partial charge in [0.2, 0.25) is 0 Å². The van der Waals surface area contributed by atoms with Crippen LogP contribution in [-0.4, -0.2) is 42.2 Å². The van der Waals surface area contributed by atoms with Crippen molar-refractivity contribution < 1.29 is 22.7 Å². The van der Waals surface area contributed by atoms with Gasteiger partial charge in [0.25, 0.3) is 0 Å². The average molecular weight is 490 g/mol. The normalized spacial score (nSPS) is 18.1. The molecule has 1 aromatic carbocycles. The Labute approximate surface area is 199 Å². The standard InChI is InChI=1S/C23H22F3N5O2S/c1-30(17-9-18(23(24,25)26)19(10-27)29-11-17)20(34)31(21(12-32)7-2-8-21)16-5-3-15(4-6-16)22(28)13-33-14-22/h3-6,9,11-12H,2,7-8,13-14,28H2,1H3. The van der Waals surface area contributed by atoms with E-state index in [1.54, 1.807) is 17.0 Å². The molecule has 7 nitrogen and oxygen atoms in total. The van der Waals surface area contributed by atoms with Crippen LogP contribution in [0.25, 0.3) is 0 Å². The quantitative estimate of drug-likeness (QED) is 0.504. The zero-order valence-corrected chi connectivity index (χ0v) is 19.1. The topological polar surface area (TPSA) is 95.5 Å². The first-order chi connectivity index (χ1) is 16.0. The van der Waals surface area contributed by atoms with E-state index in [2.05, 4.69) is 4.98 Å². The lowest BCUT2D eigenvalue weighted by Crippen LogP contribution is -2.60. The number of thiocarbonyl (C=S) groups is 1. The number of benzene rings is 1. The largest absolute Gasteiger partial charge is 0.419 e. The number of anilines is 2. The summed E-state index contributed by atoms with van der Waals surface area (Å²) in [4.78, 5) is 18.9. The number of pyridine rings is 1. The van der Waals surface area contributed by atoms with Crippen LogP contribution >= 0.6 is 12.2 Å². The van der Waals surface area contributed by atoms with Gasteiger partial charge >= 0.3 is 6.18 Å². The second-order valence-corrected chi connectivity index (χ2v) is 9.01. The molecule has 1 saturated heterocycles. The molecule has 0 radical (unpaired) electrons. The maximum absolute atomic E-state index is 13.5. The predicted octanol–water partition coefficient (Wildman–Crippen LogP) is 3.51. The predicted molar refractivity (Wildman–Crippen MR) is 123 cm³/mol. The minimum absolute atomic E-state index is 0.0471. The monoisotopic (exact) mass is 489 g/mol. The van der Waals surface area contributed by atoms with Gasteiger partial charge in [0.05, 0.1) is 36.2 Å². The first-order valence-corrected chi connectivity index (χ1v) is 10.9. The Morgan fingerprint density at radius 1 is 1.26 bits per heavy atom. The number of hydrogen-bond donors (Lipinski definition) is 1. The summed E-state index contributed by atoms with van der Waals surface area (Å²) in [6.07, 6.45) is -0.828. The molecule has 34 heavy (non-hydrogen) atoms. The Balaban J connectivity index is 1.71. The van der Waals surface area contributed by atoms with Crippen LogP contribution in [-0.2, 0) is 21.2 Å². The second-order valence-electron chi connectivity index (χ2n) is 8.65. The highest BCUT2D eigenvalue weighted by molar-refractivity contribution is 7.80. The Morgan fingerprint density at radius 3 is 2.35 bits per heavy atom. The number of aromatic nitrogens is 1. The van der Waals surface area contributed by atoms with Crippen LogP contribution < -0.4 is 15.5 Å². The molecule has 2 fully saturated rings. The Hall–Kier alpha value is -3.07. The molecule has 2 N–H and O–H groups in total. The van der Waals surface area contributed by atoms with Gasteiger partial charge in [-0.15, -0.1) is 0 Å². The van der Waals surface area contributed by atoms with Crippen LogP contribution in [0.1, 0.15) is 36.1 Å². The summed E-state index contributed by atoms with van der Waals surface area (Å²) < 4.78 is 45.6. The number of hydrogen-bond acceptors (Lipinski definition) is 6. The van der Waals surface area contributed by atoms with E-state index in [0.717, 1.165) is 30.5 Å². The molecule has 2 aliphatic rings. The molecule has 1 aromatic heterocycles. The van der Waals surface area contributed by atoms with Crippen LogP contribution in [0, 0.1) is 11.3 Å². The van der Waals surface area contributed by atoms with E-state index < -0.39 is 28.5 Å². The third-order valence-corrected chi connectivity index (χ3v) is 6.91. The lowest BCUT2D eigenvalue weighted by Gasteiger charge is -2.49. The Kier molecular flexibility index (Phi) is 6.10. The van der Waals surface area contributed by atoms with E-state index in [-0.39, 0.29) is 10.8 Å². The van der Waals surface area contributed by atoms with Crippen LogP contribution in [0.5, 0.6) is 0 Å². The van der Waals surface area contributed by atoms with Crippen molar-refractivity contribution in [2.45, 2.75) is 36.5 Å². The Morgan fingerprint density at radius 2 is 1.91 bits per heavy atom. The van der Waals surface area contributed by atoms with Gasteiger partial charge < -0.3 is 25.1 Å². The smallest absolute Gasteiger partial charge is 0.377 e. The minimum Gasteiger partial charge on any atom is -0.377 e. The number of halogens is 3. The molecule has 1 aliphatic heterocycles. The molecule has 0 unspecified atom stereocenters. The van der Waals surface area contributed by atoms with Gasteiger partial charge in [-0.05, 0) is 55.2 Å². The highest BCUT2D eigenvalue weighted by atomic mass is 32.1. The van der Waals surface area contributed by atoms with Crippen LogP contribution in [0.2, 0.25) is 0 Å². The molecule has 0 atom stereocenters.